The highest BCUT2D eigenvalue weighted by molar-refractivity contribution is 6.44. The third-order valence-corrected chi connectivity index (χ3v) is 4.23. The zero-order chi connectivity index (χ0) is 19.8. The van der Waals surface area contributed by atoms with E-state index in [0.717, 1.165) is 12.0 Å². The second kappa shape index (κ2) is 9.52. The molecule has 1 unspecified atom stereocenters. The quantitative estimate of drug-likeness (QED) is 0.597. The lowest BCUT2D eigenvalue weighted by Gasteiger charge is -2.15. The van der Waals surface area contributed by atoms with Crippen LogP contribution in [0.4, 0.5) is 11.4 Å². The number of nitrogens with one attached hydrogen (secondary N) is 2. The molecule has 0 aliphatic carbocycles. The van der Waals surface area contributed by atoms with E-state index in [1.165, 1.54) is 6.07 Å². The topological polar surface area (TPSA) is 84.5 Å². The summed E-state index contributed by atoms with van der Waals surface area (Å²) in [6, 6.07) is 13.8. The van der Waals surface area contributed by atoms with Crippen LogP contribution in [-0.4, -0.2) is 24.4 Å². The van der Waals surface area contributed by atoms with Crippen molar-refractivity contribution < 1.29 is 19.1 Å². The number of carbonyl (C=O) groups excluding carboxylic acids is 3. The van der Waals surface area contributed by atoms with Gasteiger partial charge in [0.05, 0.1) is 17.9 Å². The first-order valence-electron chi connectivity index (χ1n) is 8.95. The van der Waals surface area contributed by atoms with E-state index < -0.39 is 17.8 Å². The molecular formula is C21H24N2O4. The predicted molar refractivity (Wildman–Crippen MR) is 105 cm³/mol. The number of amides is 2. The first-order valence-corrected chi connectivity index (χ1v) is 8.95. The van der Waals surface area contributed by atoms with Crippen LogP contribution in [-0.2, 0) is 14.3 Å². The van der Waals surface area contributed by atoms with Crippen molar-refractivity contribution in [1.82, 2.24) is 0 Å². The molecule has 142 valence electrons. The fourth-order valence-electron chi connectivity index (χ4n) is 2.60. The summed E-state index contributed by atoms with van der Waals surface area (Å²) in [5.41, 5.74) is 1.99. The van der Waals surface area contributed by atoms with Crippen molar-refractivity contribution in [2.45, 2.75) is 33.1 Å². The number of ether oxygens (including phenoxy) is 1. The van der Waals surface area contributed by atoms with E-state index in [0.29, 0.717) is 5.69 Å². The van der Waals surface area contributed by atoms with Crippen LogP contribution < -0.4 is 10.6 Å². The van der Waals surface area contributed by atoms with E-state index in [1.54, 1.807) is 37.3 Å². The van der Waals surface area contributed by atoms with Crippen molar-refractivity contribution in [2.75, 3.05) is 17.2 Å². The molecule has 0 aliphatic heterocycles. The van der Waals surface area contributed by atoms with Gasteiger partial charge >= 0.3 is 17.8 Å². The lowest BCUT2D eigenvalue weighted by atomic mass is 9.97. The average Bonchev–Trinajstić information content (AvgIpc) is 2.68. The Labute approximate surface area is 158 Å². The van der Waals surface area contributed by atoms with Gasteiger partial charge in [-0.3, -0.25) is 9.59 Å². The van der Waals surface area contributed by atoms with Crippen LogP contribution in [0.25, 0.3) is 0 Å². The highest BCUT2D eigenvalue weighted by Crippen LogP contribution is 2.26. The molecule has 6 heteroatoms. The van der Waals surface area contributed by atoms with Crippen LogP contribution >= 0.6 is 0 Å². The molecule has 2 aromatic rings. The molecule has 0 heterocycles. The Morgan fingerprint density at radius 2 is 1.44 bits per heavy atom. The number of para-hydroxylation sites is 2. The van der Waals surface area contributed by atoms with E-state index in [4.69, 9.17) is 4.74 Å². The largest absolute Gasteiger partial charge is 0.462 e. The number of benzene rings is 2. The van der Waals surface area contributed by atoms with E-state index in [1.807, 2.05) is 12.1 Å². The molecule has 2 amide bonds. The minimum atomic E-state index is -0.856. The third kappa shape index (κ3) is 5.17. The van der Waals surface area contributed by atoms with Gasteiger partial charge < -0.3 is 15.4 Å². The smallest absolute Gasteiger partial charge is 0.340 e. The van der Waals surface area contributed by atoms with Crippen LogP contribution in [0, 0.1) is 0 Å². The van der Waals surface area contributed by atoms with Crippen LogP contribution in [0.3, 0.4) is 0 Å². The van der Waals surface area contributed by atoms with E-state index in [2.05, 4.69) is 24.5 Å². The van der Waals surface area contributed by atoms with Gasteiger partial charge in [0.25, 0.3) is 0 Å². The summed E-state index contributed by atoms with van der Waals surface area (Å²) in [6.45, 7) is 6.03. The maximum atomic E-state index is 12.3. The number of hydrogen-bond acceptors (Lipinski definition) is 4. The van der Waals surface area contributed by atoms with E-state index in [9.17, 15) is 14.4 Å². The third-order valence-electron chi connectivity index (χ3n) is 4.23. The molecule has 2 rings (SSSR count). The second-order valence-electron chi connectivity index (χ2n) is 6.07. The summed E-state index contributed by atoms with van der Waals surface area (Å²) in [7, 11) is 0. The molecule has 1 atom stereocenters. The zero-order valence-corrected chi connectivity index (χ0v) is 15.7. The average molecular weight is 368 g/mol. The van der Waals surface area contributed by atoms with Gasteiger partial charge in [0, 0.05) is 5.69 Å². The maximum absolute atomic E-state index is 12.3. The molecule has 0 aliphatic rings. The summed E-state index contributed by atoms with van der Waals surface area (Å²) in [6.07, 6.45) is 0.909. The Kier molecular flexibility index (Phi) is 7.11. The predicted octanol–water partition coefficient (Wildman–Crippen LogP) is 3.95. The van der Waals surface area contributed by atoms with Crippen LogP contribution in [0.15, 0.2) is 48.5 Å². The van der Waals surface area contributed by atoms with E-state index in [-0.39, 0.29) is 23.8 Å². The summed E-state index contributed by atoms with van der Waals surface area (Å²) >= 11 is 0. The lowest BCUT2D eigenvalue weighted by Crippen LogP contribution is -2.30. The molecule has 0 spiro atoms. The number of carbonyl (C=O) groups is 3. The van der Waals surface area contributed by atoms with Crippen molar-refractivity contribution in [3.63, 3.8) is 0 Å². The molecule has 0 bridgehead atoms. The van der Waals surface area contributed by atoms with Crippen molar-refractivity contribution in [1.29, 1.82) is 0 Å². The molecule has 2 aromatic carbocycles. The second-order valence-corrected chi connectivity index (χ2v) is 6.07. The molecule has 0 saturated heterocycles. The minimum absolute atomic E-state index is 0.195. The molecule has 6 nitrogen and oxygen atoms in total. The van der Waals surface area contributed by atoms with Crippen LogP contribution in [0.2, 0.25) is 0 Å². The number of rotatable bonds is 6. The standard InChI is InChI=1S/C21H24N2O4/c1-4-14(3)15-10-6-8-12-17(15)22-19(24)20(25)23-18-13-9-7-11-16(18)21(26)27-5-2/h6-14H,4-5H2,1-3H3,(H,22,24)(H,23,25). The molecule has 0 aromatic heterocycles. The molecule has 2 N–H and O–H groups in total. The van der Waals surface area contributed by atoms with Gasteiger partial charge in [-0.2, -0.15) is 0 Å². The van der Waals surface area contributed by atoms with Crippen molar-refractivity contribution in [3.05, 3.63) is 59.7 Å². The molecule has 0 fully saturated rings. The highest BCUT2D eigenvalue weighted by Gasteiger charge is 2.20. The summed E-state index contributed by atoms with van der Waals surface area (Å²) in [4.78, 5) is 36.7. The highest BCUT2D eigenvalue weighted by atomic mass is 16.5. The SMILES string of the molecule is CCOC(=O)c1ccccc1NC(=O)C(=O)Nc1ccccc1C(C)CC. The lowest BCUT2D eigenvalue weighted by molar-refractivity contribution is -0.133. The van der Waals surface area contributed by atoms with Crippen LogP contribution in [0.1, 0.15) is 49.0 Å². The van der Waals surface area contributed by atoms with E-state index >= 15 is 0 Å². The van der Waals surface area contributed by atoms with Gasteiger partial charge in [-0.15, -0.1) is 0 Å². The van der Waals surface area contributed by atoms with Gasteiger partial charge in [0.2, 0.25) is 0 Å². The Hall–Kier alpha value is -3.15. The normalized spacial score (nSPS) is 11.4. The Morgan fingerprint density at radius 3 is 2.07 bits per heavy atom. The van der Waals surface area contributed by atoms with Gasteiger partial charge in [-0.05, 0) is 43.0 Å². The number of anilines is 2. The Bertz CT molecular complexity index is 832. The van der Waals surface area contributed by atoms with Gasteiger partial charge in [-0.25, -0.2) is 4.79 Å². The van der Waals surface area contributed by atoms with Crippen molar-refractivity contribution >= 4 is 29.2 Å². The molecule has 0 radical (unpaired) electrons. The minimum Gasteiger partial charge on any atom is -0.462 e. The van der Waals surface area contributed by atoms with Crippen LogP contribution in [0.5, 0.6) is 0 Å². The summed E-state index contributed by atoms with van der Waals surface area (Å²) < 4.78 is 4.97. The zero-order valence-electron chi connectivity index (χ0n) is 15.7. The Balaban J connectivity index is 2.14. The number of hydrogen-bond donors (Lipinski definition) is 2. The molecule has 27 heavy (non-hydrogen) atoms. The summed E-state index contributed by atoms with van der Waals surface area (Å²) in [5, 5.41) is 5.13. The van der Waals surface area contributed by atoms with Gasteiger partial charge in [0.15, 0.2) is 0 Å². The first-order chi connectivity index (χ1) is 13.0. The first kappa shape index (κ1) is 20.2. The molecular weight excluding hydrogens is 344 g/mol. The molecule has 0 saturated carbocycles. The summed E-state index contributed by atoms with van der Waals surface area (Å²) in [5.74, 6) is -1.97. The van der Waals surface area contributed by atoms with Crippen molar-refractivity contribution in [2.24, 2.45) is 0 Å². The van der Waals surface area contributed by atoms with Gasteiger partial charge in [-0.1, -0.05) is 44.2 Å². The fourth-order valence-corrected chi connectivity index (χ4v) is 2.60. The van der Waals surface area contributed by atoms with Crippen molar-refractivity contribution in [3.8, 4) is 0 Å². The fraction of sp³-hybridized carbons (Fsp3) is 0.286. The van der Waals surface area contributed by atoms with Gasteiger partial charge in [0.1, 0.15) is 0 Å². The maximum Gasteiger partial charge on any atom is 0.340 e. The monoisotopic (exact) mass is 368 g/mol. The Morgan fingerprint density at radius 1 is 0.889 bits per heavy atom. The number of esters is 1.